The van der Waals surface area contributed by atoms with Gasteiger partial charge in [0, 0.05) is 5.02 Å². The molecule has 5 nitrogen and oxygen atoms in total. The van der Waals surface area contributed by atoms with Gasteiger partial charge < -0.3 is 5.32 Å². The van der Waals surface area contributed by atoms with Crippen LogP contribution in [0.3, 0.4) is 0 Å². The summed E-state index contributed by atoms with van der Waals surface area (Å²) < 4.78 is 54.6. The molecule has 0 radical (unpaired) electrons. The predicted octanol–water partition coefficient (Wildman–Crippen LogP) is 4.57. The molecule has 3 aromatic rings. The van der Waals surface area contributed by atoms with Crippen molar-refractivity contribution < 1.29 is 22.4 Å². The Hall–Kier alpha value is -2.94. The first kappa shape index (κ1) is 19.8. The first-order valence-corrected chi connectivity index (χ1v) is 8.40. The van der Waals surface area contributed by atoms with Crippen LogP contribution < -0.4 is 5.32 Å². The molecule has 0 aliphatic carbocycles. The standard InChI is InChI=1S/C18H13ClF4N4O/c1-10(11-5-7-12(19)8-6-11)24-17(28)15-16(18(21,22)23)27(26-25-15)14-4-2-3-13(20)9-14/h2-10H,1H3,(H,24,28). The van der Waals surface area contributed by atoms with Gasteiger partial charge in [0.05, 0.1) is 11.7 Å². The molecule has 0 aliphatic rings. The van der Waals surface area contributed by atoms with Gasteiger partial charge in [-0.05, 0) is 42.8 Å². The monoisotopic (exact) mass is 412 g/mol. The van der Waals surface area contributed by atoms with E-state index >= 15 is 0 Å². The highest BCUT2D eigenvalue weighted by Gasteiger charge is 2.42. The number of halogens is 5. The Kier molecular flexibility index (Phi) is 5.37. The number of carbonyl (C=O) groups excluding carboxylic acids is 1. The van der Waals surface area contributed by atoms with E-state index in [2.05, 4.69) is 15.6 Å². The van der Waals surface area contributed by atoms with Crippen LogP contribution in [-0.4, -0.2) is 20.9 Å². The maximum absolute atomic E-state index is 13.6. The minimum atomic E-state index is -4.94. The van der Waals surface area contributed by atoms with Gasteiger partial charge in [-0.15, -0.1) is 5.10 Å². The highest BCUT2D eigenvalue weighted by molar-refractivity contribution is 6.30. The average Bonchev–Trinajstić information content (AvgIpc) is 3.08. The van der Waals surface area contributed by atoms with Gasteiger partial charge in [0.1, 0.15) is 5.82 Å². The minimum absolute atomic E-state index is 0.204. The zero-order chi connectivity index (χ0) is 20.5. The van der Waals surface area contributed by atoms with E-state index < -0.39 is 35.3 Å². The maximum atomic E-state index is 13.6. The van der Waals surface area contributed by atoms with E-state index in [4.69, 9.17) is 11.6 Å². The molecule has 1 amide bonds. The third-order valence-electron chi connectivity index (χ3n) is 3.92. The number of carbonyl (C=O) groups is 1. The van der Waals surface area contributed by atoms with E-state index in [1.807, 2.05) is 0 Å². The van der Waals surface area contributed by atoms with Gasteiger partial charge in [0.25, 0.3) is 5.91 Å². The molecule has 1 unspecified atom stereocenters. The Bertz CT molecular complexity index is 1000. The maximum Gasteiger partial charge on any atom is 0.435 e. The van der Waals surface area contributed by atoms with Gasteiger partial charge in [-0.2, -0.15) is 13.2 Å². The fourth-order valence-corrected chi connectivity index (χ4v) is 2.70. The predicted molar refractivity (Wildman–Crippen MR) is 93.7 cm³/mol. The van der Waals surface area contributed by atoms with Crippen molar-refractivity contribution in [1.82, 2.24) is 20.3 Å². The third kappa shape index (κ3) is 4.14. The second-order valence-corrected chi connectivity index (χ2v) is 6.36. The number of aromatic nitrogens is 3. The summed E-state index contributed by atoms with van der Waals surface area (Å²) in [7, 11) is 0. The second kappa shape index (κ2) is 7.59. The Morgan fingerprint density at radius 1 is 1.18 bits per heavy atom. The molecule has 2 aromatic carbocycles. The van der Waals surface area contributed by atoms with Crippen LogP contribution in [0, 0.1) is 5.82 Å². The van der Waals surface area contributed by atoms with Gasteiger partial charge >= 0.3 is 6.18 Å². The highest BCUT2D eigenvalue weighted by atomic mass is 35.5. The van der Waals surface area contributed by atoms with Crippen LogP contribution in [0.25, 0.3) is 5.69 Å². The van der Waals surface area contributed by atoms with Gasteiger partial charge in [-0.1, -0.05) is 35.0 Å². The Morgan fingerprint density at radius 2 is 1.86 bits per heavy atom. The summed E-state index contributed by atoms with van der Waals surface area (Å²) in [5.74, 6) is -1.80. The van der Waals surface area contributed by atoms with Gasteiger partial charge in [0.2, 0.25) is 0 Å². The molecule has 0 saturated heterocycles. The van der Waals surface area contributed by atoms with Crippen LogP contribution >= 0.6 is 11.6 Å². The van der Waals surface area contributed by atoms with Gasteiger partial charge in [-0.3, -0.25) is 4.79 Å². The molecule has 1 heterocycles. The molecule has 0 saturated carbocycles. The summed E-state index contributed by atoms with van der Waals surface area (Å²) in [5, 5.41) is 9.73. The lowest BCUT2D eigenvalue weighted by Crippen LogP contribution is -2.29. The van der Waals surface area contributed by atoms with Crippen LogP contribution in [-0.2, 0) is 6.18 Å². The molecule has 28 heavy (non-hydrogen) atoms. The lowest BCUT2D eigenvalue weighted by Gasteiger charge is -2.15. The number of hydrogen-bond acceptors (Lipinski definition) is 3. The molecule has 1 N–H and O–H groups in total. The molecular weight excluding hydrogens is 400 g/mol. The molecule has 0 bridgehead atoms. The van der Waals surface area contributed by atoms with Crippen molar-refractivity contribution in [1.29, 1.82) is 0 Å². The lowest BCUT2D eigenvalue weighted by molar-refractivity contribution is -0.143. The highest BCUT2D eigenvalue weighted by Crippen LogP contribution is 2.33. The van der Waals surface area contributed by atoms with Crippen molar-refractivity contribution in [3.8, 4) is 5.69 Å². The largest absolute Gasteiger partial charge is 0.435 e. The molecular formula is C18H13ClF4N4O. The van der Waals surface area contributed by atoms with Crippen molar-refractivity contribution in [3.63, 3.8) is 0 Å². The minimum Gasteiger partial charge on any atom is -0.344 e. The number of nitrogens with one attached hydrogen (secondary N) is 1. The zero-order valence-electron chi connectivity index (χ0n) is 14.3. The fourth-order valence-electron chi connectivity index (χ4n) is 2.58. The molecule has 146 valence electrons. The topological polar surface area (TPSA) is 59.8 Å². The smallest absolute Gasteiger partial charge is 0.344 e. The Labute approximate surface area is 161 Å². The molecule has 0 spiro atoms. The van der Waals surface area contributed by atoms with E-state index in [9.17, 15) is 22.4 Å². The number of rotatable bonds is 4. The van der Waals surface area contributed by atoms with Crippen molar-refractivity contribution in [2.24, 2.45) is 0 Å². The average molecular weight is 413 g/mol. The fraction of sp³-hybridized carbons (Fsp3) is 0.167. The number of alkyl halides is 3. The number of hydrogen-bond donors (Lipinski definition) is 1. The summed E-state index contributed by atoms with van der Waals surface area (Å²) >= 11 is 5.80. The van der Waals surface area contributed by atoms with Crippen molar-refractivity contribution >= 4 is 17.5 Å². The van der Waals surface area contributed by atoms with E-state index in [1.165, 1.54) is 12.1 Å². The first-order chi connectivity index (χ1) is 13.2. The molecule has 10 heteroatoms. The molecule has 1 atom stereocenters. The summed E-state index contributed by atoms with van der Waals surface area (Å²) in [6.07, 6.45) is -4.94. The van der Waals surface area contributed by atoms with Crippen molar-refractivity contribution in [3.05, 3.63) is 76.3 Å². The Balaban J connectivity index is 1.95. The van der Waals surface area contributed by atoms with Gasteiger partial charge in [0.15, 0.2) is 11.4 Å². The molecule has 0 aliphatic heterocycles. The quantitative estimate of drug-likeness (QED) is 0.639. The number of benzene rings is 2. The summed E-state index contributed by atoms with van der Waals surface area (Å²) in [5.41, 5.74) is -1.86. The van der Waals surface area contributed by atoms with Crippen LogP contribution in [0.2, 0.25) is 5.02 Å². The van der Waals surface area contributed by atoms with Crippen LogP contribution in [0.15, 0.2) is 48.5 Å². The molecule has 0 fully saturated rings. The third-order valence-corrected chi connectivity index (χ3v) is 4.18. The summed E-state index contributed by atoms with van der Waals surface area (Å²) in [6, 6.07) is 10.3. The summed E-state index contributed by atoms with van der Waals surface area (Å²) in [6.45, 7) is 1.60. The second-order valence-electron chi connectivity index (χ2n) is 5.92. The normalized spacial score (nSPS) is 12.6. The molecule has 3 rings (SSSR count). The van der Waals surface area contributed by atoms with E-state index in [0.717, 1.165) is 12.1 Å². The number of amides is 1. The van der Waals surface area contributed by atoms with Crippen LogP contribution in [0.1, 0.15) is 34.7 Å². The van der Waals surface area contributed by atoms with Crippen molar-refractivity contribution in [2.75, 3.05) is 0 Å². The lowest BCUT2D eigenvalue weighted by atomic mass is 10.1. The van der Waals surface area contributed by atoms with Crippen LogP contribution in [0.4, 0.5) is 17.6 Å². The zero-order valence-corrected chi connectivity index (χ0v) is 15.1. The van der Waals surface area contributed by atoms with E-state index in [0.29, 0.717) is 15.3 Å². The number of nitrogens with zero attached hydrogens (tertiary/aromatic N) is 3. The van der Waals surface area contributed by atoms with Crippen LogP contribution in [0.5, 0.6) is 0 Å². The Morgan fingerprint density at radius 3 is 2.46 bits per heavy atom. The van der Waals surface area contributed by atoms with E-state index in [-0.39, 0.29) is 5.69 Å². The van der Waals surface area contributed by atoms with Crippen molar-refractivity contribution in [2.45, 2.75) is 19.1 Å². The van der Waals surface area contributed by atoms with E-state index in [1.54, 1.807) is 31.2 Å². The summed E-state index contributed by atoms with van der Waals surface area (Å²) in [4.78, 5) is 12.4. The van der Waals surface area contributed by atoms with Gasteiger partial charge in [-0.25, -0.2) is 9.07 Å². The molecule has 1 aromatic heterocycles. The first-order valence-electron chi connectivity index (χ1n) is 8.02. The SMILES string of the molecule is CC(NC(=O)c1nnn(-c2cccc(F)c2)c1C(F)(F)F)c1ccc(Cl)cc1.